The van der Waals surface area contributed by atoms with Crippen LogP contribution in [0.4, 0.5) is 22.4 Å². The van der Waals surface area contributed by atoms with Gasteiger partial charge in [-0.1, -0.05) is 42.5 Å². The van der Waals surface area contributed by atoms with Gasteiger partial charge in [0.1, 0.15) is 5.82 Å². The minimum Gasteiger partial charge on any atom is -0.354 e. The van der Waals surface area contributed by atoms with Crippen molar-refractivity contribution in [2.45, 2.75) is 18.5 Å². The standard InChI is InChI=1S/C22H18F4N2O3S/c23-16-8-6-14(7-9-16)12-18-20(30)28(21(31)32-18)11-10-27-19(29)13-17(22(24,25)26)15-4-2-1-3-5-15/h1-9,12,17H,10-11,13H2,(H,27,29). The number of amides is 3. The first kappa shape index (κ1) is 23.5. The summed E-state index contributed by atoms with van der Waals surface area (Å²) in [6, 6.07) is 12.5. The lowest BCUT2D eigenvalue weighted by Gasteiger charge is -2.20. The molecule has 10 heteroatoms. The third-order valence-electron chi connectivity index (χ3n) is 4.69. The molecule has 1 heterocycles. The van der Waals surface area contributed by atoms with Gasteiger partial charge in [-0.3, -0.25) is 19.3 Å². The Balaban J connectivity index is 1.56. The number of benzene rings is 2. The minimum atomic E-state index is -4.60. The molecule has 0 saturated carbocycles. The number of carbonyl (C=O) groups is 3. The van der Waals surface area contributed by atoms with Gasteiger partial charge in [0.05, 0.1) is 10.8 Å². The van der Waals surface area contributed by atoms with Crippen LogP contribution in [-0.4, -0.2) is 41.2 Å². The SMILES string of the molecule is O=C(CC(c1ccccc1)C(F)(F)F)NCCN1C(=O)SC(=Cc2ccc(F)cc2)C1=O. The monoisotopic (exact) mass is 466 g/mol. The molecule has 0 spiro atoms. The normalized spacial score (nSPS) is 16.5. The summed E-state index contributed by atoms with van der Waals surface area (Å²) in [4.78, 5) is 37.7. The van der Waals surface area contributed by atoms with Crippen molar-refractivity contribution in [3.05, 3.63) is 76.4 Å². The van der Waals surface area contributed by atoms with Crippen LogP contribution in [0.5, 0.6) is 0 Å². The molecule has 168 valence electrons. The second-order valence-electron chi connectivity index (χ2n) is 6.94. The van der Waals surface area contributed by atoms with E-state index in [0.717, 1.165) is 4.90 Å². The van der Waals surface area contributed by atoms with E-state index in [1.165, 1.54) is 54.6 Å². The summed E-state index contributed by atoms with van der Waals surface area (Å²) < 4.78 is 53.1. The number of nitrogens with zero attached hydrogens (tertiary/aromatic N) is 1. The van der Waals surface area contributed by atoms with E-state index >= 15 is 0 Å². The van der Waals surface area contributed by atoms with Crippen LogP contribution >= 0.6 is 11.8 Å². The number of halogens is 4. The van der Waals surface area contributed by atoms with E-state index in [2.05, 4.69) is 5.32 Å². The zero-order chi connectivity index (χ0) is 23.3. The van der Waals surface area contributed by atoms with Gasteiger partial charge in [-0.2, -0.15) is 13.2 Å². The second kappa shape index (κ2) is 9.99. The molecular weight excluding hydrogens is 448 g/mol. The molecule has 2 aromatic carbocycles. The topological polar surface area (TPSA) is 66.5 Å². The summed E-state index contributed by atoms with van der Waals surface area (Å²) in [7, 11) is 0. The first-order valence-corrected chi connectivity index (χ1v) is 10.4. The first-order valence-electron chi connectivity index (χ1n) is 9.54. The molecule has 0 aliphatic carbocycles. The summed E-state index contributed by atoms with van der Waals surface area (Å²) in [6.45, 7) is -0.362. The number of imide groups is 1. The molecule has 0 aromatic heterocycles. The Morgan fingerprint density at radius 3 is 2.34 bits per heavy atom. The van der Waals surface area contributed by atoms with Crippen LogP contribution in [0.2, 0.25) is 0 Å². The fraction of sp³-hybridized carbons (Fsp3) is 0.227. The van der Waals surface area contributed by atoms with Gasteiger partial charge in [-0.05, 0) is 41.1 Å². The molecule has 1 aliphatic rings. The number of alkyl halides is 3. The van der Waals surface area contributed by atoms with Crippen LogP contribution in [0.3, 0.4) is 0 Å². The lowest BCUT2D eigenvalue weighted by atomic mass is 9.95. The highest BCUT2D eigenvalue weighted by Crippen LogP contribution is 2.37. The molecule has 1 saturated heterocycles. The van der Waals surface area contributed by atoms with E-state index in [9.17, 15) is 31.9 Å². The zero-order valence-corrected chi connectivity index (χ0v) is 17.4. The third kappa shape index (κ3) is 5.97. The number of hydrogen-bond acceptors (Lipinski definition) is 4. The molecule has 1 atom stereocenters. The fourth-order valence-corrected chi connectivity index (χ4v) is 3.94. The summed E-state index contributed by atoms with van der Waals surface area (Å²) in [5.74, 6) is -3.83. The molecule has 2 aromatic rings. The molecule has 3 amide bonds. The predicted octanol–water partition coefficient (Wildman–Crippen LogP) is 4.71. The molecule has 1 fully saturated rings. The average Bonchev–Trinajstić information content (AvgIpc) is 3.01. The van der Waals surface area contributed by atoms with Gasteiger partial charge in [0.15, 0.2) is 0 Å². The molecule has 1 N–H and O–H groups in total. The number of carbonyl (C=O) groups excluding carboxylic acids is 3. The van der Waals surface area contributed by atoms with Crippen molar-refractivity contribution in [3.63, 3.8) is 0 Å². The fourth-order valence-electron chi connectivity index (χ4n) is 3.08. The van der Waals surface area contributed by atoms with Gasteiger partial charge in [0.25, 0.3) is 11.1 Å². The minimum absolute atomic E-state index is 0.0213. The lowest BCUT2D eigenvalue weighted by molar-refractivity contribution is -0.157. The Labute approximate surface area is 185 Å². The summed E-state index contributed by atoms with van der Waals surface area (Å²) >= 11 is 0.694. The van der Waals surface area contributed by atoms with Gasteiger partial charge >= 0.3 is 6.18 Å². The largest absolute Gasteiger partial charge is 0.396 e. The van der Waals surface area contributed by atoms with E-state index in [0.29, 0.717) is 17.3 Å². The van der Waals surface area contributed by atoms with Gasteiger partial charge in [0.2, 0.25) is 5.91 Å². The Hall–Kier alpha value is -3.14. The molecule has 3 rings (SSSR count). The van der Waals surface area contributed by atoms with Gasteiger partial charge in [-0.25, -0.2) is 4.39 Å². The van der Waals surface area contributed by atoms with E-state index in [1.54, 1.807) is 6.07 Å². The van der Waals surface area contributed by atoms with Crippen molar-refractivity contribution in [2.24, 2.45) is 0 Å². The molecule has 5 nitrogen and oxygen atoms in total. The van der Waals surface area contributed by atoms with Gasteiger partial charge < -0.3 is 5.32 Å². The van der Waals surface area contributed by atoms with E-state index in [-0.39, 0.29) is 23.6 Å². The maximum Gasteiger partial charge on any atom is 0.396 e. The van der Waals surface area contributed by atoms with Crippen molar-refractivity contribution in [1.29, 1.82) is 0 Å². The maximum absolute atomic E-state index is 13.4. The van der Waals surface area contributed by atoms with Crippen molar-refractivity contribution in [1.82, 2.24) is 10.2 Å². The lowest BCUT2D eigenvalue weighted by Crippen LogP contribution is -2.38. The second-order valence-corrected chi connectivity index (χ2v) is 7.94. The molecule has 32 heavy (non-hydrogen) atoms. The molecule has 1 unspecified atom stereocenters. The van der Waals surface area contributed by atoms with Crippen molar-refractivity contribution >= 4 is 34.9 Å². The average molecular weight is 466 g/mol. The summed E-state index contributed by atoms with van der Waals surface area (Å²) in [5, 5.41) is 1.78. The van der Waals surface area contributed by atoms with Crippen molar-refractivity contribution in [3.8, 4) is 0 Å². The van der Waals surface area contributed by atoms with E-state index < -0.39 is 41.4 Å². The highest BCUT2D eigenvalue weighted by atomic mass is 32.2. The molecule has 0 radical (unpaired) electrons. The zero-order valence-electron chi connectivity index (χ0n) is 16.6. The van der Waals surface area contributed by atoms with Crippen molar-refractivity contribution < 1.29 is 31.9 Å². The number of rotatable bonds is 7. The van der Waals surface area contributed by atoms with Crippen molar-refractivity contribution in [2.75, 3.05) is 13.1 Å². The highest BCUT2D eigenvalue weighted by molar-refractivity contribution is 8.18. The Morgan fingerprint density at radius 1 is 1.06 bits per heavy atom. The van der Waals surface area contributed by atoms with E-state index in [1.807, 2.05) is 0 Å². The number of hydrogen-bond donors (Lipinski definition) is 1. The van der Waals surface area contributed by atoms with Gasteiger partial charge in [0, 0.05) is 19.5 Å². The first-order chi connectivity index (χ1) is 15.1. The van der Waals surface area contributed by atoms with Crippen LogP contribution in [0.1, 0.15) is 23.5 Å². The molecule has 1 aliphatic heterocycles. The van der Waals surface area contributed by atoms with Crippen LogP contribution in [0.15, 0.2) is 59.5 Å². The number of thioether (sulfide) groups is 1. The van der Waals surface area contributed by atoms with E-state index in [4.69, 9.17) is 0 Å². The molecular formula is C22H18F4N2O3S. The van der Waals surface area contributed by atoms with Crippen LogP contribution in [0, 0.1) is 5.82 Å². The maximum atomic E-state index is 13.4. The summed E-state index contributed by atoms with van der Waals surface area (Å²) in [6.07, 6.45) is -3.97. The summed E-state index contributed by atoms with van der Waals surface area (Å²) in [5.41, 5.74) is 0.510. The molecule has 0 bridgehead atoms. The number of nitrogens with one attached hydrogen (secondary N) is 1. The predicted molar refractivity (Wildman–Crippen MR) is 112 cm³/mol. The van der Waals surface area contributed by atoms with Crippen LogP contribution in [0.25, 0.3) is 6.08 Å². The van der Waals surface area contributed by atoms with Gasteiger partial charge in [-0.15, -0.1) is 0 Å². The van der Waals surface area contributed by atoms with Crippen LogP contribution in [-0.2, 0) is 9.59 Å². The van der Waals surface area contributed by atoms with Crippen LogP contribution < -0.4 is 5.32 Å². The Kier molecular flexibility index (Phi) is 7.34. The highest BCUT2D eigenvalue weighted by Gasteiger charge is 2.42. The smallest absolute Gasteiger partial charge is 0.354 e. The quantitative estimate of drug-likeness (QED) is 0.474. The third-order valence-corrected chi connectivity index (χ3v) is 5.59. The Morgan fingerprint density at radius 2 is 1.72 bits per heavy atom. The Bertz CT molecular complexity index is 1020.